The number of benzene rings is 1. The number of rotatable bonds is 7. The first-order valence-corrected chi connectivity index (χ1v) is 7.47. The highest BCUT2D eigenvalue weighted by atomic mass is 16.3. The van der Waals surface area contributed by atoms with Crippen molar-refractivity contribution >= 4 is 17.5 Å². The van der Waals surface area contributed by atoms with Crippen molar-refractivity contribution in [2.24, 2.45) is 0 Å². The molecule has 1 atom stereocenters. The van der Waals surface area contributed by atoms with E-state index in [2.05, 4.69) is 12.0 Å². The number of carbonyl (C=O) groups is 2. The molecule has 23 heavy (non-hydrogen) atoms. The second kappa shape index (κ2) is 7.89. The summed E-state index contributed by atoms with van der Waals surface area (Å²) in [5.74, 6) is -0.610. The zero-order chi connectivity index (χ0) is 17.6. The van der Waals surface area contributed by atoms with Crippen molar-refractivity contribution in [2.45, 2.75) is 20.0 Å². The maximum absolute atomic E-state index is 12.3. The Morgan fingerprint density at radius 2 is 1.87 bits per heavy atom. The minimum absolute atomic E-state index is 0.114. The number of amides is 2. The summed E-state index contributed by atoms with van der Waals surface area (Å²) in [5.41, 5.74) is 3.79. The Morgan fingerprint density at radius 3 is 2.35 bits per heavy atom. The molecule has 0 heterocycles. The summed E-state index contributed by atoms with van der Waals surface area (Å²) in [5, 5.41) is 9.48. The predicted molar refractivity (Wildman–Crippen MR) is 90.4 cm³/mol. The molecule has 0 aromatic heterocycles. The molecule has 0 saturated heterocycles. The van der Waals surface area contributed by atoms with Crippen molar-refractivity contribution in [2.75, 3.05) is 32.1 Å². The highest BCUT2D eigenvalue weighted by Gasteiger charge is 2.25. The molecule has 1 unspecified atom stereocenters. The number of likely N-dealkylation sites (N-methyl/N-ethyl adjacent to an activating group) is 1. The number of para-hydroxylation sites is 1. The van der Waals surface area contributed by atoms with Crippen LogP contribution in [0.15, 0.2) is 42.5 Å². The summed E-state index contributed by atoms with van der Waals surface area (Å²) >= 11 is 0. The molecular weight excluding hydrogens is 294 g/mol. The number of hydrogen-bond acceptors (Lipinski definition) is 3. The molecule has 0 bridgehead atoms. The summed E-state index contributed by atoms with van der Waals surface area (Å²) in [4.78, 5) is 26.0. The molecule has 0 spiro atoms. The van der Waals surface area contributed by atoms with Crippen LogP contribution < -0.4 is 10.3 Å². The second-order valence-electron chi connectivity index (χ2n) is 6.26. The fourth-order valence-corrected chi connectivity index (χ4v) is 2.34. The van der Waals surface area contributed by atoms with Gasteiger partial charge in [0.2, 0.25) is 0 Å². The first kappa shape index (κ1) is 18.9. The Balaban J connectivity index is 2.88. The molecule has 6 heteroatoms. The number of nitrogens with one attached hydrogen (secondary N) is 1. The average molecular weight is 320 g/mol. The molecule has 2 N–H and O–H groups in total. The van der Waals surface area contributed by atoms with Crippen molar-refractivity contribution in [3.8, 4) is 0 Å². The molecule has 0 radical (unpaired) electrons. The number of aliphatic hydroxyl groups is 1. The molecule has 1 aromatic rings. The summed E-state index contributed by atoms with van der Waals surface area (Å²) in [6.07, 6.45) is -0.549. The normalized spacial score (nSPS) is 12.4. The Hall–Kier alpha value is -2.18. The van der Waals surface area contributed by atoms with Crippen molar-refractivity contribution in [1.29, 1.82) is 0 Å². The van der Waals surface area contributed by atoms with Crippen LogP contribution in [0.4, 0.5) is 5.69 Å². The zero-order valence-corrected chi connectivity index (χ0v) is 14.2. The van der Waals surface area contributed by atoms with Crippen LogP contribution in [0.5, 0.6) is 0 Å². The fourth-order valence-electron chi connectivity index (χ4n) is 2.34. The lowest BCUT2D eigenvalue weighted by Crippen LogP contribution is -2.59. The van der Waals surface area contributed by atoms with E-state index in [9.17, 15) is 14.7 Å². The summed E-state index contributed by atoms with van der Waals surface area (Å²) < 4.78 is 0.125. The van der Waals surface area contributed by atoms with Crippen LogP contribution in [0, 0.1) is 0 Å². The molecule has 0 aliphatic rings. The smallest absolute Gasteiger partial charge is 0.284 e. The summed E-state index contributed by atoms with van der Waals surface area (Å²) in [6.45, 7) is 7.19. The van der Waals surface area contributed by atoms with E-state index in [1.54, 1.807) is 52.2 Å². The fraction of sp³-hybridized carbons (Fsp3) is 0.412. The minimum Gasteiger partial charge on any atom is -0.387 e. The Labute approximate surface area is 137 Å². The lowest BCUT2D eigenvalue weighted by atomic mass is 10.2. The van der Waals surface area contributed by atoms with Gasteiger partial charge in [-0.25, -0.2) is 10.0 Å². The van der Waals surface area contributed by atoms with Gasteiger partial charge < -0.3 is 5.11 Å². The van der Waals surface area contributed by atoms with E-state index in [4.69, 9.17) is 0 Å². The van der Waals surface area contributed by atoms with Gasteiger partial charge in [-0.15, -0.1) is 0 Å². The standard InChI is InChI=1S/C17H25N3O3/c1-13(2)17(23)19(15-9-7-6-8-10-15)11-16(22)18-20(4,5)12-14(3)21/h6-10,14,21H,1,11-12H2,2-5H3/p+1. The van der Waals surface area contributed by atoms with E-state index in [1.165, 1.54) is 4.90 Å². The number of hydrogen-bond donors (Lipinski definition) is 2. The Morgan fingerprint density at radius 1 is 1.30 bits per heavy atom. The SMILES string of the molecule is C=C(C)C(=O)N(CC(=O)N[N+](C)(C)CC(C)O)c1ccccc1. The van der Waals surface area contributed by atoms with E-state index in [-0.39, 0.29) is 23.0 Å². The van der Waals surface area contributed by atoms with Crippen LogP contribution in [-0.4, -0.2) is 54.8 Å². The highest BCUT2D eigenvalue weighted by Crippen LogP contribution is 2.15. The van der Waals surface area contributed by atoms with Gasteiger partial charge in [0.05, 0.1) is 14.1 Å². The van der Waals surface area contributed by atoms with Gasteiger partial charge in [0.25, 0.3) is 11.8 Å². The molecule has 0 aliphatic heterocycles. The predicted octanol–water partition coefficient (Wildman–Crippen LogP) is 1.08. The van der Waals surface area contributed by atoms with Gasteiger partial charge in [-0.3, -0.25) is 14.5 Å². The molecule has 6 nitrogen and oxygen atoms in total. The number of carbonyl (C=O) groups excluding carboxylic acids is 2. The number of nitrogens with zero attached hydrogens (tertiary/aromatic N) is 2. The van der Waals surface area contributed by atoms with Crippen LogP contribution in [0.1, 0.15) is 13.8 Å². The maximum Gasteiger partial charge on any atom is 0.284 e. The second-order valence-corrected chi connectivity index (χ2v) is 6.26. The first-order chi connectivity index (χ1) is 10.6. The Kier molecular flexibility index (Phi) is 6.48. The van der Waals surface area contributed by atoms with Crippen molar-refractivity contribution in [3.05, 3.63) is 42.5 Å². The van der Waals surface area contributed by atoms with Crippen LogP contribution in [0.3, 0.4) is 0 Å². The van der Waals surface area contributed by atoms with Gasteiger partial charge in [-0.1, -0.05) is 24.8 Å². The van der Waals surface area contributed by atoms with E-state index in [0.717, 1.165) is 0 Å². The quantitative estimate of drug-likeness (QED) is 0.449. The van der Waals surface area contributed by atoms with E-state index < -0.39 is 6.10 Å². The van der Waals surface area contributed by atoms with Crippen molar-refractivity contribution < 1.29 is 19.3 Å². The van der Waals surface area contributed by atoms with E-state index in [0.29, 0.717) is 17.8 Å². The van der Waals surface area contributed by atoms with E-state index >= 15 is 0 Å². The minimum atomic E-state index is -0.549. The number of anilines is 1. The van der Waals surface area contributed by atoms with Crippen LogP contribution >= 0.6 is 0 Å². The molecule has 2 amide bonds. The van der Waals surface area contributed by atoms with Crippen LogP contribution in [0.2, 0.25) is 0 Å². The van der Waals surface area contributed by atoms with Gasteiger partial charge in [-0.2, -0.15) is 0 Å². The summed E-state index contributed by atoms with van der Waals surface area (Å²) in [7, 11) is 3.55. The first-order valence-electron chi connectivity index (χ1n) is 7.47. The average Bonchev–Trinajstić information content (AvgIpc) is 2.42. The Bertz CT molecular complexity index is 568. The van der Waals surface area contributed by atoms with E-state index in [1.807, 2.05) is 6.07 Å². The maximum atomic E-state index is 12.3. The number of aliphatic hydroxyl groups excluding tert-OH is 1. The van der Waals surface area contributed by atoms with Gasteiger partial charge in [0.1, 0.15) is 19.2 Å². The van der Waals surface area contributed by atoms with Gasteiger partial charge in [0.15, 0.2) is 0 Å². The highest BCUT2D eigenvalue weighted by molar-refractivity contribution is 6.07. The van der Waals surface area contributed by atoms with Crippen molar-refractivity contribution in [3.63, 3.8) is 0 Å². The van der Waals surface area contributed by atoms with Gasteiger partial charge >= 0.3 is 0 Å². The molecular formula is C17H26N3O3+. The molecule has 0 fully saturated rings. The third-order valence-corrected chi connectivity index (χ3v) is 3.13. The van der Waals surface area contributed by atoms with Gasteiger partial charge in [-0.05, 0) is 26.0 Å². The monoisotopic (exact) mass is 320 g/mol. The third kappa shape index (κ3) is 6.22. The largest absolute Gasteiger partial charge is 0.387 e. The lowest BCUT2D eigenvalue weighted by molar-refractivity contribution is -0.927. The van der Waals surface area contributed by atoms with Crippen LogP contribution in [0.25, 0.3) is 0 Å². The third-order valence-electron chi connectivity index (χ3n) is 3.13. The zero-order valence-electron chi connectivity index (χ0n) is 14.2. The lowest BCUT2D eigenvalue weighted by Gasteiger charge is -2.31. The number of quaternary nitrogens is 1. The van der Waals surface area contributed by atoms with Crippen molar-refractivity contribution in [1.82, 2.24) is 5.43 Å². The molecule has 1 rings (SSSR count). The molecule has 0 aliphatic carbocycles. The van der Waals surface area contributed by atoms with Crippen LogP contribution in [-0.2, 0) is 9.59 Å². The topological polar surface area (TPSA) is 69.6 Å². The molecule has 1 aromatic carbocycles. The summed E-state index contributed by atoms with van der Waals surface area (Å²) in [6, 6.07) is 8.99. The molecule has 0 saturated carbocycles. The van der Waals surface area contributed by atoms with Gasteiger partial charge in [0, 0.05) is 11.3 Å². The molecule has 126 valence electrons.